The second-order valence-electron chi connectivity index (χ2n) is 4.02. The largest absolute Gasteiger partial charge is 0.373 e. The number of hydrogen-bond acceptors (Lipinski definition) is 2. The van der Waals surface area contributed by atoms with Crippen molar-refractivity contribution in [1.29, 1.82) is 0 Å². The molecular weight excluding hydrogens is 164 g/mol. The van der Waals surface area contributed by atoms with E-state index in [4.69, 9.17) is 4.74 Å². The van der Waals surface area contributed by atoms with Crippen molar-refractivity contribution in [1.82, 2.24) is 0 Å². The Morgan fingerprint density at radius 1 is 1.23 bits per heavy atom. The maximum Gasteiger partial charge on any atom is 0.158 e. The van der Waals surface area contributed by atoms with Gasteiger partial charge in [-0.25, -0.2) is 0 Å². The third-order valence-electron chi connectivity index (χ3n) is 2.98. The summed E-state index contributed by atoms with van der Waals surface area (Å²) in [6.07, 6.45) is 7.36. The Morgan fingerprint density at radius 3 is 2.15 bits per heavy atom. The lowest BCUT2D eigenvalue weighted by Crippen LogP contribution is -2.29. The summed E-state index contributed by atoms with van der Waals surface area (Å²) in [6, 6.07) is 0. The van der Waals surface area contributed by atoms with Crippen LogP contribution < -0.4 is 0 Å². The first-order valence-electron chi connectivity index (χ1n) is 5.29. The highest BCUT2D eigenvalue weighted by atomic mass is 16.5. The van der Waals surface area contributed by atoms with Crippen LogP contribution in [0.3, 0.4) is 0 Å². The zero-order valence-electron chi connectivity index (χ0n) is 8.71. The summed E-state index contributed by atoms with van der Waals surface area (Å²) in [5.41, 5.74) is 0. The van der Waals surface area contributed by atoms with Crippen LogP contribution in [0.1, 0.15) is 45.4 Å². The lowest BCUT2D eigenvalue weighted by molar-refractivity contribution is -0.130. The van der Waals surface area contributed by atoms with Gasteiger partial charge in [0, 0.05) is 7.11 Å². The van der Waals surface area contributed by atoms with Gasteiger partial charge in [0.25, 0.3) is 0 Å². The van der Waals surface area contributed by atoms with Gasteiger partial charge in [-0.3, -0.25) is 4.79 Å². The van der Waals surface area contributed by atoms with Crippen LogP contribution in [-0.4, -0.2) is 19.0 Å². The average molecular weight is 184 g/mol. The Hall–Kier alpha value is -0.370. The van der Waals surface area contributed by atoms with Crippen LogP contribution >= 0.6 is 0 Å². The van der Waals surface area contributed by atoms with Crippen molar-refractivity contribution < 1.29 is 9.53 Å². The topological polar surface area (TPSA) is 26.3 Å². The number of ketones is 1. The molecule has 0 amide bonds. The summed E-state index contributed by atoms with van der Waals surface area (Å²) in [6.45, 7) is 1.64. The molecule has 0 bridgehead atoms. The van der Waals surface area contributed by atoms with E-state index in [1.165, 1.54) is 25.7 Å². The van der Waals surface area contributed by atoms with E-state index in [1.807, 2.05) is 0 Å². The second-order valence-corrected chi connectivity index (χ2v) is 4.02. The fraction of sp³-hybridized carbons (Fsp3) is 0.909. The van der Waals surface area contributed by atoms with Gasteiger partial charge in [-0.2, -0.15) is 0 Å². The zero-order valence-corrected chi connectivity index (χ0v) is 8.71. The van der Waals surface area contributed by atoms with Gasteiger partial charge in [0.15, 0.2) is 5.78 Å². The van der Waals surface area contributed by atoms with Crippen molar-refractivity contribution in [3.8, 4) is 0 Å². The maximum absolute atomic E-state index is 11.3. The Morgan fingerprint density at radius 2 is 1.77 bits per heavy atom. The molecule has 1 unspecified atom stereocenters. The highest BCUT2D eigenvalue weighted by molar-refractivity contribution is 5.80. The third kappa shape index (κ3) is 3.11. The molecule has 0 spiro atoms. The van der Waals surface area contributed by atoms with Gasteiger partial charge >= 0.3 is 0 Å². The SMILES string of the molecule is COC(C(C)=O)C1CCCCCC1. The lowest BCUT2D eigenvalue weighted by Gasteiger charge is -2.22. The van der Waals surface area contributed by atoms with Crippen molar-refractivity contribution in [2.24, 2.45) is 5.92 Å². The zero-order chi connectivity index (χ0) is 9.68. The lowest BCUT2D eigenvalue weighted by atomic mass is 9.92. The normalized spacial score (nSPS) is 22.3. The molecule has 1 fully saturated rings. The number of methoxy groups -OCH3 is 1. The van der Waals surface area contributed by atoms with E-state index >= 15 is 0 Å². The van der Waals surface area contributed by atoms with E-state index in [9.17, 15) is 4.79 Å². The molecule has 0 aromatic heterocycles. The smallest absolute Gasteiger partial charge is 0.158 e. The van der Waals surface area contributed by atoms with Crippen LogP contribution in [0, 0.1) is 5.92 Å². The molecule has 76 valence electrons. The van der Waals surface area contributed by atoms with Crippen LogP contribution in [0.5, 0.6) is 0 Å². The molecular formula is C11H20O2. The molecule has 0 saturated heterocycles. The summed E-state index contributed by atoms with van der Waals surface area (Å²) >= 11 is 0. The van der Waals surface area contributed by atoms with Crippen molar-refractivity contribution >= 4 is 5.78 Å². The van der Waals surface area contributed by atoms with Gasteiger partial charge in [0.05, 0.1) is 0 Å². The Kier molecular flexibility index (Phi) is 4.43. The molecule has 0 aliphatic heterocycles. The van der Waals surface area contributed by atoms with Gasteiger partial charge in [-0.1, -0.05) is 25.7 Å². The number of carbonyl (C=O) groups excluding carboxylic acids is 1. The van der Waals surface area contributed by atoms with Crippen LogP contribution in [0.15, 0.2) is 0 Å². The number of carbonyl (C=O) groups is 1. The maximum atomic E-state index is 11.3. The van der Waals surface area contributed by atoms with Crippen LogP contribution in [0.25, 0.3) is 0 Å². The monoisotopic (exact) mass is 184 g/mol. The molecule has 0 radical (unpaired) electrons. The first-order valence-corrected chi connectivity index (χ1v) is 5.29. The molecule has 1 aliphatic rings. The molecule has 1 atom stereocenters. The van der Waals surface area contributed by atoms with E-state index in [-0.39, 0.29) is 11.9 Å². The van der Waals surface area contributed by atoms with Gasteiger partial charge in [-0.15, -0.1) is 0 Å². The van der Waals surface area contributed by atoms with Crippen molar-refractivity contribution in [3.05, 3.63) is 0 Å². The predicted molar refractivity (Wildman–Crippen MR) is 52.7 cm³/mol. The fourth-order valence-corrected chi connectivity index (χ4v) is 2.30. The van der Waals surface area contributed by atoms with E-state index in [1.54, 1.807) is 14.0 Å². The van der Waals surface area contributed by atoms with Crippen molar-refractivity contribution in [2.75, 3.05) is 7.11 Å². The minimum atomic E-state index is -0.141. The second kappa shape index (κ2) is 5.38. The molecule has 0 aromatic rings. The first kappa shape index (κ1) is 10.7. The molecule has 2 heteroatoms. The Labute approximate surface area is 80.7 Å². The number of rotatable bonds is 3. The number of Topliss-reactive ketones (excluding diaryl/α,β-unsaturated/α-hetero) is 1. The van der Waals surface area contributed by atoms with E-state index in [0.29, 0.717) is 5.92 Å². The quantitative estimate of drug-likeness (QED) is 0.630. The van der Waals surface area contributed by atoms with E-state index in [0.717, 1.165) is 12.8 Å². The molecule has 13 heavy (non-hydrogen) atoms. The predicted octanol–water partition coefficient (Wildman–Crippen LogP) is 2.56. The average Bonchev–Trinajstić information content (AvgIpc) is 2.33. The van der Waals surface area contributed by atoms with Gasteiger partial charge in [0.2, 0.25) is 0 Å². The molecule has 1 rings (SSSR count). The van der Waals surface area contributed by atoms with Crippen LogP contribution in [-0.2, 0) is 9.53 Å². The third-order valence-corrected chi connectivity index (χ3v) is 2.98. The summed E-state index contributed by atoms with van der Waals surface area (Å²) < 4.78 is 5.26. The van der Waals surface area contributed by atoms with E-state index < -0.39 is 0 Å². The van der Waals surface area contributed by atoms with Gasteiger partial charge in [-0.05, 0) is 25.7 Å². The summed E-state index contributed by atoms with van der Waals surface area (Å²) in [5, 5.41) is 0. The fourth-order valence-electron chi connectivity index (χ4n) is 2.30. The summed E-state index contributed by atoms with van der Waals surface area (Å²) in [4.78, 5) is 11.3. The van der Waals surface area contributed by atoms with Crippen LogP contribution in [0.2, 0.25) is 0 Å². The highest BCUT2D eigenvalue weighted by Gasteiger charge is 2.25. The molecule has 1 saturated carbocycles. The Bertz CT molecular complexity index is 157. The van der Waals surface area contributed by atoms with Crippen LogP contribution in [0.4, 0.5) is 0 Å². The minimum absolute atomic E-state index is 0.141. The number of hydrogen-bond donors (Lipinski definition) is 0. The highest BCUT2D eigenvalue weighted by Crippen LogP contribution is 2.27. The molecule has 1 aliphatic carbocycles. The standard InChI is InChI=1S/C11H20O2/c1-9(12)11(13-2)10-7-5-3-4-6-8-10/h10-11H,3-8H2,1-2H3. The first-order chi connectivity index (χ1) is 6.25. The minimum Gasteiger partial charge on any atom is -0.373 e. The van der Waals surface area contributed by atoms with E-state index in [2.05, 4.69) is 0 Å². The summed E-state index contributed by atoms with van der Waals surface area (Å²) in [7, 11) is 1.65. The molecule has 0 heterocycles. The molecule has 2 nitrogen and oxygen atoms in total. The summed E-state index contributed by atoms with van der Waals surface area (Å²) in [5.74, 6) is 0.666. The molecule has 0 N–H and O–H groups in total. The van der Waals surface area contributed by atoms with Gasteiger partial charge < -0.3 is 4.74 Å². The van der Waals surface area contributed by atoms with Crippen molar-refractivity contribution in [3.63, 3.8) is 0 Å². The Balaban J connectivity index is 2.50. The van der Waals surface area contributed by atoms with Gasteiger partial charge in [0.1, 0.15) is 6.10 Å². The van der Waals surface area contributed by atoms with Crippen molar-refractivity contribution in [2.45, 2.75) is 51.6 Å². The number of ether oxygens (including phenoxy) is 1. The molecule has 0 aromatic carbocycles.